The van der Waals surface area contributed by atoms with Crippen molar-refractivity contribution >= 4 is 11.9 Å². The van der Waals surface area contributed by atoms with Gasteiger partial charge in [-0.25, -0.2) is 0 Å². The zero-order valence-electron chi connectivity index (χ0n) is 11.9. The molecule has 1 aliphatic carbocycles. The molecule has 1 fully saturated rings. The highest BCUT2D eigenvalue weighted by Crippen LogP contribution is 2.38. The summed E-state index contributed by atoms with van der Waals surface area (Å²) in [6, 6.07) is -0.303. The Kier molecular flexibility index (Phi) is 5.79. The van der Waals surface area contributed by atoms with Crippen molar-refractivity contribution in [2.45, 2.75) is 46.1 Å². The summed E-state index contributed by atoms with van der Waals surface area (Å²) in [5, 5.41) is 21.2. The van der Waals surface area contributed by atoms with Gasteiger partial charge in [-0.05, 0) is 24.7 Å². The fraction of sp³-hybridized carbons (Fsp3) is 0.857. The number of carboxylic acids is 1. The number of aliphatic hydroxyl groups is 1. The van der Waals surface area contributed by atoms with E-state index in [0.29, 0.717) is 18.8 Å². The van der Waals surface area contributed by atoms with E-state index >= 15 is 0 Å². The quantitative estimate of drug-likeness (QED) is 0.678. The van der Waals surface area contributed by atoms with Crippen LogP contribution in [0.2, 0.25) is 0 Å². The number of hydrogen-bond acceptors (Lipinski definition) is 3. The topological polar surface area (TPSA) is 86.6 Å². The number of carbonyl (C=O) groups is 2. The minimum absolute atomic E-state index is 0.120. The minimum Gasteiger partial charge on any atom is -0.481 e. The molecule has 0 bridgehead atoms. The Morgan fingerprint density at radius 1 is 1.26 bits per heavy atom. The van der Waals surface area contributed by atoms with Crippen molar-refractivity contribution in [1.82, 2.24) is 5.32 Å². The maximum absolute atomic E-state index is 12.2. The van der Waals surface area contributed by atoms with Crippen LogP contribution in [0.25, 0.3) is 0 Å². The molecule has 2 unspecified atom stereocenters. The predicted molar refractivity (Wildman–Crippen MR) is 71.5 cm³/mol. The molecular weight excluding hydrogens is 246 g/mol. The Hall–Kier alpha value is -1.10. The highest BCUT2D eigenvalue weighted by Gasteiger charge is 2.42. The number of rotatable bonds is 6. The van der Waals surface area contributed by atoms with E-state index in [2.05, 4.69) is 5.32 Å². The summed E-state index contributed by atoms with van der Waals surface area (Å²) < 4.78 is 0. The summed E-state index contributed by atoms with van der Waals surface area (Å²) in [5.41, 5.74) is 0. The molecule has 4 atom stereocenters. The highest BCUT2D eigenvalue weighted by molar-refractivity contribution is 5.85. The summed E-state index contributed by atoms with van der Waals surface area (Å²) in [6.45, 7) is 5.73. The Balaban J connectivity index is 2.71. The van der Waals surface area contributed by atoms with E-state index in [4.69, 9.17) is 0 Å². The Labute approximate surface area is 114 Å². The molecule has 0 saturated heterocycles. The molecule has 0 aromatic heterocycles. The van der Waals surface area contributed by atoms with Gasteiger partial charge in [0.1, 0.15) is 0 Å². The van der Waals surface area contributed by atoms with Crippen molar-refractivity contribution in [2.75, 3.05) is 6.61 Å². The molecule has 0 heterocycles. The van der Waals surface area contributed by atoms with Gasteiger partial charge in [-0.2, -0.15) is 0 Å². The van der Waals surface area contributed by atoms with Crippen LogP contribution in [0.15, 0.2) is 0 Å². The standard InChI is InChI=1S/C14H25NO4/c1-4-9-5-10(11(6-9)14(18)19)13(17)15-12(7-16)8(2)3/h8-12,16H,4-7H2,1-3H3,(H,15,17)(H,18,19)/t9?,10-,11+,12?/m0/s1. The van der Waals surface area contributed by atoms with E-state index in [-0.39, 0.29) is 24.5 Å². The molecule has 110 valence electrons. The third kappa shape index (κ3) is 3.93. The summed E-state index contributed by atoms with van der Waals surface area (Å²) in [4.78, 5) is 23.4. The predicted octanol–water partition coefficient (Wildman–Crippen LogP) is 1.26. The average molecular weight is 271 g/mol. The summed E-state index contributed by atoms with van der Waals surface area (Å²) in [7, 11) is 0. The van der Waals surface area contributed by atoms with Gasteiger partial charge < -0.3 is 15.5 Å². The molecule has 5 heteroatoms. The van der Waals surface area contributed by atoms with Gasteiger partial charge in [0.15, 0.2) is 0 Å². The first kappa shape index (κ1) is 16.0. The van der Waals surface area contributed by atoms with Gasteiger partial charge in [0, 0.05) is 0 Å². The molecular formula is C14H25NO4. The third-order valence-corrected chi connectivity index (χ3v) is 4.22. The molecule has 0 aromatic rings. The second kappa shape index (κ2) is 6.89. The normalized spacial score (nSPS) is 28.4. The second-order valence-electron chi connectivity index (χ2n) is 5.84. The zero-order valence-corrected chi connectivity index (χ0v) is 11.9. The van der Waals surface area contributed by atoms with Gasteiger partial charge in [0.05, 0.1) is 24.5 Å². The van der Waals surface area contributed by atoms with Crippen LogP contribution in [0, 0.1) is 23.7 Å². The van der Waals surface area contributed by atoms with Gasteiger partial charge in [-0.15, -0.1) is 0 Å². The van der Waals surface area contributed by atoms with Crippen molar-refractivity contribution in [3.8, 4) is 0 Å². The second-order valence-corrected chi connectivity index (χ2v) is 5.84. The van der Waals surface area contributed by atoms with Crippen molar-refractivity contribution in [1.29, 1.82) is 0 Å². The highest BCUT2D eigenvalue weighted by atomic mass is 16.4. The summed E-state index contributed by atoms with van der Waals surface area (Å²) in [5.74, 6) is -1.73. The van der Waals surface area contributed by atoms with E-state index in [1.807, 2.05) is 20.8 Å². The number of hydrogen-bond donors (Lipinski definition) is 3. The van der Waals surface area contributed by atoms with Crippen molar-refractivity contribution in [3.63, 3.8) is 0 Å². The van der Waals surface area contributed by atoms with Crippen LogP contribution in [0.3, 0.4) is 0 Å². The lowest BCUT2D eigenvalue weighted by atomic mass is 9.94. The summed E-state index contributed by atoms with van der Waals surface area (Å²) in [6.07, 6.45) is 2.12. The zero-order chi connectivity index (χ0) is 14.6. The molecule has 0 aromatic carbocycles. The SMILES string of the molecule is CCC1C[C@H](C(=O)NC(CO)C(C)C)[C@H](C(=O)O)C1. The number of amides is 1. The molecule has 0 aliphatic heterocycles. The van der Waals surface area contributed by atoms with E-state index in [0.717, 1.165) is 6.42 Å². The fourth-order valence-corrected chi connectivity index (χ4v) is 2.75. The number of aliphatic hydroxyl groups excluding tert-OH is 1. The van der Waals surface area contributed by atoms with E-state index in [9.17, 15) is 19.8 Å². The fourth-order valence-electron chi connectivity index (χ4n) is 2.75. The van der Waals surface area contributed by atoms with Gasteiger partial charge in [0.2, 0.25) is 5.91 Å². The maximum Gasteiger partial charge on any atom is 0.307 e. The smallest absolute Gasteiger partial charge is 0.307 e. The van der Waals surface area contributed by atoms with Crippen LogP contribution < -0.4 is 5.32 Å². The van der Waals surface area contributed by atoms with Crippen LogP contribution in [-0.2, 0) is 9.59 Å². The van der Waals surface area contributed by atoms with Crippen molar-refractivity contribution < 1.29 is 19.8 Å². The van der Waals surface area contributed by atoms with Gasteiger partial charge >= 0.3 is 5.97 Å². The first-order valence-electron chi connectivity index (χ1n) is 7.04. The Morgan fingerprint density at radius 3 is 2.26 bits per heavy atom. The van der Waals surface area contributed by atoms with E-state index in [1.54, 1.807) is 0 Å². The Morgan fingerprint density at radius 2 is 1.84 bits per heavy atom. The first-order chi connectivity index (χ1) is 8.90. The monoisotopic (exact) mass is 271 g/mol. The van der Waals surface area contributed by atoms with Gasteiger partial charge in [-0.1, -0.05) is 27.2 Å². The molecule has 19 heavy (non-hydrogen) atoms. The van der Waals surface area contributed by atoms with Crippen molar-refractivity contribution in [2.24, 2.45) is 23.7 Å². The lowest BCUT2D eigenvalue weighted by Gasteiger charge is -2.23. The van der Waals surface area contributed by atoms with Crippen LogP contribution in [-0.4, -0.2) is 34.7 Å². The Bertz CT molecular complexity index is 329. The summed E-state index contributed by atoms with van der Waals surface area (Å²) >= 11 is 0. The molecule has 3 N–H and O–H groups in total. The molecule has 1 saturated carbocycles. The largest absolute Gasteiger partial charge is 0.481 e. The van der Waals surface area contributed by atoms with Gasteiger partial charge in [-0.3, -0.25) is 9.59 Å². The lowest BCUT2D eigenvalue weighted by molar-refractivity contribution is -0.146. The first-order valence-corrected chi connectivity index (χ1v) is 7.04. The molecule has 0 radical (unpaired) electrons. The van der Waals surface area contributed by atoms with Crippen LogP contribution in [0.1, 0.15) is 40.0 Å². The van der Waals surface area contributed by atoms with Crippen LogP contribution in [0.4, 0.5) is 0 Å². The number of carboxylic acid groups (broad SMARTS) is 1. The van der Waals surface area contributed by atoms with E-state index < -0.39 is 17.8 Å². The van der Waals surface area contributed by atoms with Crippen molar-refractivity contribution in [3.05, 3.63) is 0 Å². The van der Waals surface area contributed by atoms with Gasteiger partial charge in [0.25, 0.3) is 0 Å². The molecule has 1 rings (SSSR count). The molecule has 0 spiro atoms. The van der Waals surface area contributed by atoms with Crippen LogP contribution >= 0.6 is 0 Å². The minimum atomic E-state index is -0.888. The molecule has 1 aliphatic rings. The average Bonchev–Trinajstić information content (AvgIpc) is 2.79. The third-order valence-electron chi connectivity index (χ3n) is 4.22. The molecule has 1 amide bonds. The number of aliphatic carboxylic acids is 1. The molecule has 5 nitrogen and oxygen atoms in total. The van der Waals surface area contributed by atoms with E-state index in [1.165, 1.54) is 0 Å². The maximum atomic E-state index is 12.2. The number of nitrogens with one attached hydrogen (secondary N) is 1. The number of carbonyl (C=O) groups excluding carboxylic acids is 1. The lowest BCUT2D eigenvalue weighted by Crippen LogP contribution is -2.45. The van der Waals surface area contributed by atoms with Crippen LogP contribution in [0.5, 0.6) is 0 Å².